The molecule has 1 N–H and O–H groups in total. The Morgan fingerprint density at radius 1 is 1.83 bits per heavy atom. The van der Waals surface area contributed by atoms with Gasteiger partial charge in [0.25, 0.3) is 6.01 Å². The topological polar surface area (TPSA) is 64.3 Å². The van der Waals surface area contributed by atoms with Gasteiger partial charge in [0.05, 0.1) is 12.8 Å². The van der Waals surface area contributed by atoms with E-state index in [1.54, 1.807) is 7.05 Å². The van der Waals surface area contributed by atoms with Crippen LogP contribution >= 0.6 is 0 Å². The minimum absolute atomic E-state index is 0.124. The Morgan fingerprint density at radius 3 is 2.92 bits per heavy atom. The maximum absolute atomic E-state index is 10.5. The zero-order chi connectivity index (χ0) is 9.14. The van der Waals surface area contributed by atoms with Gasteiger partial charge in [-0.25, -0.2) is 9.78 Å². The van der Waals surface area contributed by atoms with Crippen LogP contribution < -0.4 is 4.74 Å². The van der Waals surface area contributed by atoms with Gasteiger partial charge in [0.2, 0.25) is 0 Å². The maximum Gasteiger partial charge on any atom is 0.354 e. The highest BCUT2D eigenvalue weighted by Gasteiger charge is 2.12. The third-order valence-electron chi connectivity index (χ3n) is 1.44. The van der Waals surface area contributed by atoms with E-state index in [4.69, 9.17) is 9.84 Å². The van der Waals surface area contributed by atoms with Gasteiger partial charge < -0.3 is 9.84 Å². The molecular weight excluding hydrogens is 160 g/mol. The number of hydrogen-bond donors (Lipinski definition) is 1. The number of hydrogen-bond acceptors (Lipinski definition) is 3. The van der Waals surface area contributed by atoms with Gasteiger partial charge in [0, 0.05) is 7.05 Å². The van der Waals surface area contributed by atoms with Crippen molar-refractivity contribution in [2.75, 3.05) is 6.61 Å². The molecular formula is C7H10N2O3. The lowest BCUT2D eigenvalue weighted by molar-refractivity contribution is 0.0685. The average molecular weight is 170 g/mol. The first-order valence-electron chi connectivity index (χ1n) is 3.54. The number of rotatable bonds is 3. The lowest BCUT2D eigenvalue weighted by Gasteiger charge is -2.02. The second-order valence-corrected chi connectivity index (χ2v) is 2.22. The molecule has 1 heterocycles. The normalized spacial score (nSPS) is 9.83. The average Bonchev–Trinajstić information content (AvgIpc) is 2.34. The molecule has 1 rings (SSSR count). The van der Waals surface area contributed by atoms with Crippen molar-refractivity contribution in [3.05, 3.63) is 11.9 Å². The molecule has 1 aromatic heterocycles. The summed E-state index contributed by atoms with van der Waals surface area (Å²) in [5, 5.41) is 8.63. The van der Waals surface area contributed by atoms with E-state index >= 15 is 0 Å². The van der Waals surface area contributed by atoms with Crippen molar-refractivity contribution in [2.45, 2.75) is 6.92 Å². The number of carboxylic acids is 1. The smallest absolute Gasteiger partial charge is 0.354 e. The molecule has 66 valence electrons. The van der Waals surface area contributed by atoms with Crippen LogP contribution in [0.2, 0.25) is 0 Å². The minimum atomic E-state index is -1.00. The van der Waals surface area contributed by atoms with Crippen LogP contribution in [0.4, 0.5) is 0 Å². The van der Waals surface area contributed by atoms with Crippen LogP contribution in [0.3, 0.4) is 0 Å². The number of carbonyl (C=O) groups is 1. The molecule has 0 fully saturated rings. The summed E-state index contributed by atoms with van der Waals surface area (Å²) in [6, 6.07) is 0.329. The first-order valence-corrected chi connectivity index (χ1v) is 3.54. The van der Waals surface area contributed by atoms with Crippen molar-refractivity contribution < 1.29 is 14.6 Å². The molecule has 0 aliphatic rings. The lowest BCUT2D eigenvalue weighted by Crippen LogP contribution is -2.06. The van der Waals surface area contributed by atoms with Gasteiger partial charge in [0.1, 0.15) is 5.69 Å². The number of imidazole rings is 1. The fourth-order valence-electron chi connectivity index (χ4n) is 0.854. The standard InChI is InChI=1S/C7H10N2O3/c1-3-12-7-8-4-5(6(10)11)9(7)2/h4H,3H2,1-2H3,(H,10,11). The first-order chi connectivity index (χ1) is 5.66. The molecule has 0 aliphatic heterocycles. The second-order valence-electron chi connectivity index (χ2n) is 2.22. The molecule has 0 saturated carbocycles. The Bertz CT molecular complexity index is 293. The van der Waals surface area contributed by atoms with Gasteiger partial charge in [-0.05, 0) is 6.92 Å². The van der Waals surface area contributed by atoms with Crippen LogP contribution in [0.15, 0.2) is 6.20 Å². The third kappa shape index (κ3) is 1.39. The van der Waals surface area contributed by atoms with Gasteiger partial charge in [-0.1, -0.05) is 0 Å². The quantitative estimate of drug-likeness (QED) is 0.718. The predicted molar refractivity (Wildman–Crippen MR) is 41.3 cm³/mol. The van der Waals surface area contributed by atoms with Crippen LogP contribution in [0, 0.1) is 0 Å². The van der Waals surface area contributed by atoms with Gasteiger partial charge in [-0.15, -0.1) is 0 Å². The summed E-state index contributed by atoms with van der Waals surface area (Å²) in [4.78, 5) is 14.3. The number of carboxylic acid groups (broad SMARTS) is 1. The van der Waals surface area contributed by atoms with E-state index in [-0.39, 0.29) is 5.69 Å². The summed E-state index contributed by atoms with van der Waals surface area (Å²) in [7, 11) is 1.60. The van der Waals surface area contributed by atoms with E-state index in [1.807, 2.05) is 6.92 Å². The van der Waals surface area contributed by atoms with E-state index in [0.717, 1.165) is 0 Å². The van der Waals surface area contributed by atoms with Crippen LogP contribution in [0.5, 0.6) is 6.01 Å². The lowest BCUT2D eigenvalue weighted by atomic mass is 10.5. The van der Waals surface area contributed by atoms with E-state index in [1.165, 1.54) is 10.8 Å². The summed E-state index contributed by atoms with van der Waals surface area (Å²) < 4.78 is 6.45. The Kier molecular flexibility index (Phi) is 2.32. The van der Waals surface area contributed by atoms with Crippen molar-refractivity contribution in [2.24, 2.45) is 7.05 Å². The van der Waals surface area contributed by atoms with Gasteiger partial charge in [-0.2, -0.15) is 0 Å². The SMILES string of the molecule is CCOc1ncc(C(=O)O)n1C. The molecule has 0 unspecified atom stereocenters. The molecule has 0 aliphatic carbocycles. The molecule has 0 atom stereocenters. The van der Waals surface area contributed by atoms with Crippen molar-refractivity contribution in [3.63, 3.8) is 0 Å². The van der Waals surface area contributed by atoms with Crippen LogP contribution in [-0.4, -0.2) is 27.2 Å². The molecule has 12 heavy (non-hydrogen) atoms. The van der Waals surface area contributed by atoms with Gasteiger partial charge in [-0.3, -0.25) is 4.57 Å². The Balaban J connectivity index is 2.96. The monoisotopic (exact) mass is 170 g/mol. The molecule has 0 spiro atoms. The number of aromatic nitrogens is 2. The molecule has 1 aromatic rings. The van der Waals surface area contributed by atoms with E-state index in [0.29, 0.717) is 12.6 Å². The zero-order valence-electron chi connectivity index (χ0n) is 6.94. The van der Waals surface area contributed by atoms with Gasteiger partial charge >= 0.3 is 5.97 Å². The largest absolute Gasteiger partial charge is 0.477 e. The van der Waals surface area contributed by atoms with Crippen molar-refractivity contribution in [1.29, 1.82) is 0 Å². The molecule has 0 aromatic carbocycles. The van der Waals surface area contributed by atoms with E-state index in [9.17, 15) is 4.79 Å². The summed E-state index contributed by atoms with van der Waals surface area (Å²) in [5.74, 6) is -1.00. The highest BCUT2D eigenvalue weighted by Crippen LogP contribution is 2.09. The van der Waals surface area contributed by atoms with Crippen molar-refractivity contribution in [3.8, 4) is 6.01 Å². The molecule has 0 saturated heterocycles. The van der Waals surface area contributed by atoms with Crippen LogP contribution in [-0.2, 0) is 7.05 Å². The van der Waals surface area contributed by atoms with E-state index in [2.05, 4.69) is 4.98 Å². The van der Waals surface area contributed by atoms with Crippen molar-refractivity contribution in [1.82, 2.24) is 9.55 Å². The number of ether oxygens (including phenoxy) is 1. The zero-order valence-corrected chi connectivity index (χ0v) is 6.94. The fraction of sp³-hybridized carbons (Fsp3) is 0.429. The molecule has 5 heteroatoms. The molecule has 5 nitrogen and oxygen atoms in total. The van der Waals surface area contributed by atoms with Gasteiger partial charge in [0.15, 0.2) is 0 Å². The summed E-state index contributed by atoms with van der Waals surface area (Å²) >= 11 is 0. The summed E-state index contributed by atoms with van der Waals surface area (Å²) in [6.07, 6.45) is 1.27. The highest BCUT2D eigenvalue weighted by molar-refractivity contribution is 5.85. The molecule has 0 radical (unpaired) electrons. The predicted octanol–water partition coefficient (Wildman–Crippen LogP) is 0.517. The number of nitrogens with zero attached hydrogens (tertiary/aromatic N) is 2. The van der Waals surface area contributed by atoms with E-state index < -0.39 is 5.97 Å². The molecule has 0 bridgehead atoms. The number of aromatic carboxylic acids is 1. The summed E-state index contributed by atoms with van der Waals surface area (Å²) in [5.41, 5.74) is 0.124. The van der Waals surface area contributed by atoms with Crippen LogP contribution in [0.1, 0.15) is 17.4 Å². The Hall–Kier alpha value is -1.52. The summed E-state index contributed by atoms with van der Waals surface area (Å²) in [6.45, 7) is 2.29. The molecule has 0 amide bonds. The maximum atomic E-state index is 10.5. The second kappa shape index (κ2) is 3.25. The highest BCUT2D eigenvalue weighted by atomic mass is 16.5. The fourth-order valence-corrected chi connectivity index (χ4v) is 0.854. The first kappa shape index (κ1) is 8.58. The Labute approximate surface area is 69.6 Å². The Morgan fingerprint density at radius 2 is 2.50 bits per heavy atom. The van der Waals surface area contributed by atoms with Crippen molar-refractivity contribution >= 4 is 5.97 Å². The third-order valence-corrected chi connectivity index (χ3v) is 1.44. The van der Waals surface area contributed by atoms with Crippen LogP contribution in [0.25, 0.3) is 0 Å². The minimum Gasteiger partial charge on any atom is -0.477 e.